The van der Waals surface area contributed by atoms with E-state index < -0.39 is 17.7 Å². The molecule has 19 heavy (non-hydrogen) atoms. The number of morpholine rings is 1. The fourth-order valence-corrected chi connectivity index (χ4v) is 3.28. The van der Waals surface area contributed by atoms with Crippen LogP contribution in [0.2, 0.25) is 0 Å². The number of nitrogens with one attached hydrogen (secondary N) is 1. The number of alkyl halides is 3. The van der Waals surface area contributed by atoms with Gasteiger partial charge in [0.15, 0.2) is 0 Å². The van der Waals surface area contributed by atoms with E-state index in [9.17, 15) is 13.2 Å². The Kier molecular flexibility index (Phi) is 3.91. The molecule has 0 amide bonds. The lowest BCUT2D eigenvalue weighted by Gasteiger charge is -2.52. The molecule has 1 heterocycles. The molecule has 0 aromatic rings. The van der Waals surface area contributed by atoms with Crippen molar-refractivity contribution in [1.29, 1.82) is 0 Å². The van der Waals surface area contributed by atoms with Crippen molar-refractivity contribution in [1.82, 2.24) is 5.32 Å². The first-order valence-electron chi connectivity index (χ1n) is 7.15. The standard InChI is InChI=1S/C14H24F3NO/c1-10(2)12(3)8-18-9-13(19-12)6-4-5-11(7-13)14(15,16)17/h10-11,18H,4-9H2,1-3H3. The van der Waals surface area contributed by atoms with Gasteiger partial charge < -0.3 is 10.1 Å². The quantitative estimate of drug-likeness (QED) is 0.793. The lowest BCUT2D eigenvalue weighted by molar-refractivity contribution is -0.243. The molecule has 0 aromatic carbocycles. The Bertz CT molecular complexity index is 327. The van der Waals surface area contributed by atoms with Gasteiger partial charge in [-0.1, -0.05) is 13.8 Å². The Morgan fingerprint density at radius 3 is 2.53 bits per heavy atom. The maximum atomic E-state index is 13.0. The van der Waals surface area contributed by atoms with Crippen LogP contribution in [0.4, 0.5) is 13.2 Å². The van der Waals surface area contributed by atoms with E-state index in [1.807, 2.05) is 6.92 Å². The first-order valence-corrected chi connectivity index (χ1v) is 7.15. The molecule has 1 saturated carbocycles. The zero-order chi connectivity index (χ0) is 14.3. The third-order valence-electron chi connectivity index (χ3n) is 4.86. The molecule has 2 rings (SSSR count). The Labute approximate surface area is 113 Å². The number of rotatable bonds is 1. The van der Waals surface area contributed by atoms with Crippen LogP contribution in [-0.4, -0.2) is 30.5 Å². The Morgan fingerprint density at radius 1 is 1.26 bits per heavy atom. The van der Waals surface area contributed by atoms with E-state index >= 15 is 0 Å². The summed E-state index contributed by atoms with van der Waals surface area (Å²) in [6.45, 7) is 7.38. The summed E-state index contributed by atoms with van der Waals surface area (Å²) in [6, 6.07) is 0. The minimum atomic E-state index is -4.09. The largest absolute Gasteiger partial charge is 0.391 e. The first kappa shape index (κ1) is 15.1. The molecule has 2 fully saturated rings. The van der Waals surface area contributed by atoms with Gasteiger partial charge in [-0.15, -0.1) is 0 Å². The van der Waals surface area contributed by atoms with Crippen molar-refractivity contribution >= 4 is 0 Å². The van der Waals surface area contributed by atoms with Crippen molar-refractivity contribution in [2.75, 3.05) is 13.1 Å². The summed E-state index contributed by atoms with van der Waals surface area (Å²) in [5.41, 5.74) is -0.999. The normalized spacial score (nSPS) is 40.9. The topological polar surface area (TPSA) is 21.3 Å². The minimum Gasteiger partial charge on any atom is -0.366 e. The summed E-state index contributed by atoms with van der Waals surface area (Å²) in [7, 11) is 0. The molecule has 1 N–H and O–H groups in total. The van der Waals surface area contributed by atoms with Gasteiger partial charge in [0.25, 0.3) is 0 Å². The molecule has 1 aliphatic carbocycles. The van der Waals surface area contributed by atoms with Gasteiger partial charge in [0, 0.05) is 13.1 Å². The van der Waals surface area contributed by atoms with Crippen LogP contribution in [0.5, 0.6) is 0 Å². The fraction of sp³-hybridized carbons (Fsp3) is 1.00. The third-order valence-corrected chi connectivity index (χ3v) is 4.86. The second-order valence-electron chi connectivity index (χ2n) is 6.69. The highest BCUT2D eigenvalue weighted by Gasteiger charge is 2.52. The van der Waals surface area contributed by atoms with Crippen molar-refractivity contribution in [3.05, 3.63) is 0 Å². The van der Waals surface area contributed by atoms with E-state index in [0.29, 0.717) is 19.5 Å². The van der Waals surface area contributed by atoms with Crippen molar-refractivity contribution in [3.63, 3.8) is 0 Å². The van der Waals surface area contributed by atoms with Gasteiger partial charge in [-0.2, -0.15) is 13.2 Å². The van der Waals surface area contributed by atoms with Crippen molar-refractivity contribution in [2.24, 2.45) is 11.8 Å². The van der Waals surface area contributed by atoms with E-state index in [0.717, 1.165) is 6.42 Å². The van der Waals surface area contributed by atoms with Gasteiger partial charge in [0.2, 0.25) is 0 Å². The van der Waals surface area contributed by atoms with Crippen LogP contribution in [0.25, 0.3) is 0 Å². The smallest absolute Gasteiger partial charge is 0.366 e. The molecule has 2 aliphatic rings. The molecule has 2 nitrogen and oxygen atoms in total. The number of halogens is 3. The van der Waals surface area contributed by atoms with Crippen molar-refractivity contribution in [2.45, 2.75) is 63.8 Å². The highest BCUT2D eigenvalue weighted by atomic mass is 19.4. The monoisotopic (exact) mass is 279 g/mol. The highest BCUT2D eigenvalue weighted by molar-refractivity contribution is 4.99. The Hall–Kier alpha value is -0.290. The Balaban J connectivity index is 2.14. The molecule has 112 valence electrons. The van der Waals surface area contributed by atoms with Crippen LogP contribution in [0.3, 0.4) is 0 Å². The number of ether oxygens (including phenoxy) is 1. The number of hydrogen-bond acceptors (Lipinski definition) is 2. The Morgan fingerprint density at radius 2 is 1.95 bits per heavy atom. The van der Waals surface area contributed by atoms with Crippen LogP contribution in [-0.2, 0) is 4.74 Å². The maximum Gasteiger partial charge on any atom is 0.391 e. The van der Waals surface area contributed by atoms with Gasteiger partial charge >= 0.3 is 6.18 Å². The van der Waals surface area contributed by atoms with E-state index in [-0.39, 0.29) is 24.4 Å². The molecule has 0 radical (unpaired) electrons. The molecule has 1 aliphatic heterocycles. The average molecular weight is 279 g/mol. The molecule has 0 aromatic heterocycles. The fourth-order valence-electron chi connectivity index (χ4n) is 3.28. The van der Waals surface area contributed by atoms with Crippen molar-refractivity contribution in [3.8, 4) is 0 Å². The number of hydrogen-bond donors (Lipinski definition) is 1. The van der Waals surface area contributed by atoms with Crippen LogP contribution in [0.15, 0.2) is 0 Å². The zero-order valence-electron chi connectivity index (χ0n) is 11.9. The third kappa shape index (κ3) is 3.07. The molecule has 0 bridgehead atoms. The van der Waals surface area contributed by atoms with Crippen LogP contribution in [0.1, 0.15) is 46.5 Å². The van der Waals surface area contributed by atoms with E-state index in [4.69, 9.17) is 4.74 Å². The van der Waals surface area contributed by atoms with E-state index in [1.165, 1.54) is 0 Å². The van der Waals surface area contributed by atoms with Crippen LogP contribution in [0, 0.1) is 11.8 Å². The molecule has 1 saturated heterocycles. The van der Waals surface area contributed by atoms with Crippen LogP contribution >= 0.6 is 0 Å². The van der Waals surface area contributed by atoms with Crippen molar-refractivity contribution < 1.29 is 17.9 Å². The van der Waals surface area contributed by atoms with E-state index in [1.54, 1.807) is 0 Å². The zero-order valence-corrected chi connectivity index (χ0v) is 11.9. The molecule has 5 heteroatoms. The summed E-state index contributed by atoms with van der Waals surface area (Å²) < 4.78 is 45.1. The molecular formula is C14H24F3NO. The highest BCUT2D eigenvalue weighted by Crippen LogP contribution is 2.46. The summed E-state index contributed by atoms with van der Waals surface area (Å²) in [5.74, 6) is -0.930. The molecule has 3 atom stereocenters. The average Bonchev–Trinajstić information content (AvgIpc) is 2.27. The molecule has 3 unspecified atom stereocenters. The van der Waals surface area contributed by atoms with E-state index in [2.05, 4.69) is 19.2 Å². The van der Waals surface area contributed by atoms with Crippen LogP contribution < -0.4 is 5.32 Å². The molecular weight excluding hydrogens is 255 g/mol. The summed E-state index contributed by atoms with van der Waals surface area (Å²) >= 11 is 0. The van der Waals surface area contributed by atoms with Gasteiger partial charge in [-0.3, -0.25) is 0 Å². The van der Waals surface area contributed by atoms with Gasteiger partial charge in [0.05, 0.1) is 17.1 Å². The van der Waals surface area contributed by atoms with Gasteiger partial charge in [0.1, 0.15) is 0 Å². The summed E-state index contributed by atoms with van der Waals surface area (Å²) in [6.07, 6.45) is -2.42. The minimum absolute atomic E-state index is 0.103. The summed E-state index contributed by atoms with van der Waals surface area (Å²) in [5, 5.41) is 3.30. The van der Waals surface area contributed by atoms with Gasteiger partial charge in [-0.25, -0.2) is 0 Å². The first-order chi connectivity index (χ1) is 8.67. The maximum absolute atomic E-state index is 13.0. The summed E-state index contributed by atoms with van der Waals surface area (Å²) in [4.78, 5) is 0. The second kappa shape index (κ2) is 4.92. The molecule has 1 spiro atoms. The second-order valence-corrected chi connectivity index (χ2v) is 6.69. The predicted octanol–water partition coefficient (Wildman–Crippen LogP) is 3.51. The van der Waals surface area contributed by atoms with Gasteiger partial charge in [-0.05, 0) is 38.5 Å². The lowest BCUT2D eigenvalue weighted by Crippen LogP contribution is -2.63. The SMILES string of the molecule is CC(C)C1(C)CNCC2(CCCC(C(F)(F)F)C2)O1. The predicted molar refractivity (Wildman–Crippen MR) is 67.9 cm³/mol. The lowest BCUT2D eigenvalue weighted by atomic mass is 9.75.